The molecular formula is C13H8BrClFNO3. The van der Waals surface area contributed by atoms with E-state index in [0.29, 0.717) is 20.8 Å². The van der Waals surface area contributed by atoms with Gasteiger partial charge in [-0.1, -0.05) is 11.6 Å². The third-order valence-electron chi connectivity index (χ3n) is 2.50. The van der Waals surface area contributed by atoms with Gasteiger partial charge in [-0.3, -0.25) is 10.1 Å². The molecule has 0 aliphatic carbocycles. The van der Waals surface area contributed by atoms with Crippen molar-refractivity contribution in [1.29, 1.82) is 0 Å². The summed E-state index contributed by atoms with van der Waals surface area (Å²) >= 11 is 9.10. The summed E-state index contributed by atoms with van der Waals surface area (Å²) < 4.78 is 19.6. The molecule has 0 radical (unpaired) electrons. The van der Waals surface area contributed by atoms with Crippen molar-refractivity contribution in [1.82, 2.24) is 0 Å². The fourth-order valence-electron chi connectivity index (χ4n) is 1.54. The second-order valence-corrected chi connectivity index (χ2v) is 5.20. The Morgan fingerprint density at radius 2 is 2.05 bits per heavy atom. The Bertz CT molecular complexity index is 666. The summed E-state index contributed by atoms with van der Waals surface area (Å²) in [6.45, 7) is 0.0924. The highest BCUT2D eigenvalue weighted by Gasteiger charge is 2.14. The van der Waals surface area contributed by atoms with Gasteiger partial charge in [-0.2, -0.15) is 4.39 Å². The first kappa shape index (κ1) is 14.7. The summed E-state index contributed by atoms with van der Waals surface area (Å²) in [5.74, 6) is -0.334. The molecule has 0 aromatic heterocycles. The molecule has 0 bridgehead atoms. The number of nitrogens with zero attached hydrogens (tertiary/aromatic N) is 1. The summed E-state index contributed by atoms with van der Waals surface area (Å²) in [4.78, 5) is 9.74. The zero-order valence-corrected chi connectivity index (χ0v) is 12.3. The second-order valence-electron chi connectivity index (χ2n) is 3.91. The Morgan fingerprint density at radius 1 is 1.30 bits per heavy atom. The van der Waals surface area contributed by atoms with Gasteiger partial charge in [-0.15, -0.1) is 0 Å². The number of benzene rings is 2. The third kappa shape index (κ3) is 3.46. The fraction of sp³-hybridized carbons (Fsp3) is 0.0769. The van der Waals surface area contributed by atoms with Gasteiger partial charge in [0.05, 0.1) is 9.40 Å². The van der Waals surface area contributed by atoms with E-state index in [4.69, 9.17) is 16.3 Å². The number of hydrogen-bond acceptors (Lipinski definition) is 3. The first-order valence-corrected chi connectivity index (χ1v) is 6.65. The topological polar surface area (TPSA) is 52.4 Å². The van der Waals surface area contributed by atoms with Crippen LogP contribution in [0.2, 0.25) is 5.02 Å². The van der Waals surface area contributed by atoms with E-state index in [1.807, 2.05) is 0 Å². The Kier molecular flexibility index (Phi) is 4.57. The number of halogens is 3. The molecule has 0 aliphatic rings. The fourth-order valence-corrected chi connectivity index (χ4v) is 2.34. The van der Waals surface area contributed by atoms with Crippen LogP contribution in [-0.4, -0.2) is 4.92 Å². The minimum absolute atomic E-state index is 0.0924. The monoisotopic (exact) mass is 359 g/mol. The van der Waals surface area contributed by atoms with Crippen molar-refractivity contribution in [3.8, 4) is 5.75 Å². The second kappa shape index (κ2) is 6.19. The number of ether oxygens (including phenoxy) is 1. The number of nitro groups is 1. The number of hydrogen-bond donors (Lipinski definition) is 0. The van der Waals surface area contributed by atoms with Gasteiger partial charge in [0, 0.05) is 11.1 Å². The van der Waals surface area contributed by atoms with E-state index in [0.717, 1.165) is 12.1 Å². The summed E-state index contributed by atoms with van der Waals surface area (Å²) in [5, 5.41) is 11.1. The minimum atomic E-state index is -0.883. The highest BCUT2D eigenvalue weighted by Crippen LogP contribution is 2.29. The summed E-state index contributed by atoms with van der Waals surface area (Å²) in [7, 11) is 0. The van der Waals surface area contributed by atoms with Crippen molar-refractivity contribution in [2.75, 3.05) is 0 Å². The van der Waals surface area contributed by atoms with Gasteiger partial charge in [0.15, 0.2) is 0 Å². The molecule has 0 atom stereocenters. The molecule has 0 heterocycles. The zero-order chi connectivity index (χ0) is 14.7. The highest BCUT2D eigenvalue weighted by atomic mass is 79.9. The van der Waals surface area contributed by atoms with Crippen LogP contribution in [0.5, 0.6) is 5.75 Å². The van der Waals surface area contributed by atoms with Crippen LogP contribution < -0.4 is 4.74 Å². The molecule has 2 aromatic carbocycles. The Morgan fingerprint density at radius 3 is 2.65 bits per heavy atom. The van der Waals surface area contributed by atoms with Crippen molar-refractivity contribution in [3.63, 3.8) is 0 Å². The van der Waals surface area contributed by atoms with Gasteiger partial charge in [0.25, 0.3) is 0 Å². The van der Waals surface area contributed by atoms with Crippen LogP contribution in [0.25, 0.3) is 0 Å². The zero-order valence-electron chi connectivity index (χ0n) is 9.98. The predicted molar refractivity (Wildman–Crippen MR) is 76.5 cm³/mol. The lowest BCUT2D eigenvalue weighted by atomic mass is 10.2. The highest BCUT2D eigenvalue weighted by molar-refractivity contribution is 9.10. The molecule has 0 saturated heterocycles. The Labute approximate surface area is 127 Å². The Hall–Kier alpha value is -1.66. The summed E-state index contributed by atoms with van der Waals surface area (Å²) in [6.07, 6.45) is 0. The van der Waals surface area contributed by atoms with Gasteiger partial charge in [-0.05, 0) is 51.8 Å². The van der Waals surface area contributed by atoms with Crippen molar-refractivity contribution in [2.45, 2.75) is 6.61 Å². The van der Waals surface area contributed by atoms with Gasteiger partial charge in [-0.25, -0.2) is 0 Å². The lowest BCUT2D eigenvalue weighted by Crippen LogP contribution is -1.99. The van der Waals surface area contributed by atoms with Crippen LogP contribution in [0, 0.1) is 15.9 Å². The lowest BCUT2D eigenvalue weighted by molar-refractivity contribution is -0.387. The molecule has 20 heavy (non-hydrogen) atoms. The molecule has 0 aliphatic heterocycles. The van der Waals surface area contributed by atoms with Crippen LogP contribution in [0.4, 0.5) is 10.1 Å². The smallest absolute Gasteiger partial charge is 0.304 e. The van der Waals surface area contributed by atoms with E-state index in [-0.39, 0.29) is 6.61 Å². The maximum atomic E-state index is 13.4. The molecule has 4 nitrogen and oxygen atoms in total. The van der Waals surface area contributed by atoms with Crippen molar-refractivity contribution >= 4 is 33.2 Å². The molecule has 2 aromatic rings. The standard InChI is InChI=1S/C13H8BrClFNO3/c14-10-6-9(15)2-4-13(10)20-7-8-1-3-12(17(18)19)11(16)5-8/h1-6H,7H2. The molecule has 0 N–H and O–H groups in total. The quantitative estimate of drug-likeness (QED) is 0.585. The van der Waals surface area contributed by atoms with Crippen LogP contribution in [0.15, 0.2) is 40.9 Å². The summed E-state index contributed by atoms with van der Waals surface area (Å²) in [6, 6.07) is 8.66. The maximum absolute atomic E-state index is 13.4. The molecule has 0 saturated carbocycles. The average molecular weight is 361 g/mol. The molecule has 0 unspecified atom stereocenters. The number of rotatable bonds is 4. The SMILES string of the molecule is O=[N+]([O-])c1ccc(COc2ccc(Cl)cc2Br)cc1F. The average Bonchev–Trinajstić information content (AvgIpc) is 2.37. The van der Waals surface area contributed by atoms with E-state index in [2.05, 4.69) is 15.9 Å². The van der Waals surface area contributed by atoms with E-state index in [1.54, 1.807) is 18.2 Å². The van der Waals surface area contributed by atoms with Crippen molar-refractivity contribution < 1.29 is 14.1 Å². The third-order valence-corrected chi connectivity index (χ3v) is 3.35. The van der Waals surface area contributed by atoms with Gasteiger partial charge in [0.1, 0.15) is 12.4 Å². The molecule has 0 spiro atoms. The number of nitro benzene ring substituents is 1. The van der Waals surface area contributed by atoms with E-state index >= 15 is 0 Å². The van der Waals surface area contributed by atoms with E-state index in [9.17, 15) is 14.5 Å². The lowest BCUT2D eigenvalue weighted by Gasteiger charge is -2.08. The normalized spacial score (nSPS) is 10.3. The van der Waals surface area contributed by atoms with Crippen LogP contribution in [0.3, 0.4) is 0 Å². The predicted octanol–water partition coefficient (Wildman–Crippen LogP) is 4.73. The minimum Gasteiger partial charge on any atom is -0.488 e. The largest absolute Gasteiger partial charge is 0.488 e. The molecule has 104 valence electrons. The van der Waals surface area contributed by atoms with Gasteiger partial charge < -0.3 is 4.74 Å². The molecular weight excluding hydrogens is 353 g/mol. The van der Waals surface area contributed by atoms with Crippen LogP contribution in [-0.2, 0) is 6.61 Å². The van der Waals surface area contributed by atoms with Crippen LogP contribution in [0.1, 0.15) is 5.56 Å². The Balaban J connectivity index is 2.11. The summed E-state index contributed by atoms with van der Waals surface area (Å²) in [5.41, 5.74) is -0.0589. The molecule has 2 rings (SSSR count). The molecule has 7 heteroatoms. The van der Waals surface area contributed by atoms with Crippen LogP contribution >= 0.6 is 27.5 Å². The molecule has 0 fully saturated rings. The van der Waals surface area contributed by atoms with Gasteiger partial charge >= 0.3 is 5.69 Å². The molecule has 0 amide bonds. The van der Waals surface area contributed by atoms with E-state index < -0.39 is 16.4 Å². The maximum Gasteiger partial charge on any atom is 0.304 e. The van der Waals surface area contributed by atoms with E-state index in [1.165, 1.54) is 6.07 Å². The first-order valence-electron chi connectivity index (χ1n) is 5.48. The van der Waals surface area contributed by atoms with Crippen molar-refractivity contribution in [3.05, 3.63) is 67.4 Å². The van der Waals surface area contributed by atoms with Gasteiger partial charge in [0.2, 0.25) is 5.82 Å². The first-order chi connectivity index (χ1) is 9.47. The van der Waals surface area contributed by atoms with Crippen molar-refractivity contribution in [2.24, 2.45) is 0 Å².